The van der Waals surface area contributed by atoms with Crippen LogP contribution in [0.15, 0.2) is 30.3 Å². The predicted octanol–water partition coefficient (Wildman–Crippen LogP) is 3.25. The molecule has 1 N–H and O–H groups in total. The quantitative estimate of drug-likeness (QED) is 0.791. The lowest BCUT2D eigenvalue weighted by Crippen LogP contribution is -2.09. The molecule has 82 valence electrons. The summed E-state index contributed by atoms with van der Waals surface area (Å²) in [5.41, 5.74) is 1.93. The molecule has 0 aliphatic heterocycles. The van der Waals surface area contributed by atoms with Gasteiger partial charge in [0.1, 0.15) is 5.82 Å². The molecule has 0 saturated carbocycles. The molecule has 0 saturated heterocycles. The fourth-order valence-electron chi connectivity index (χ4n) is 1.58. The van der Waals surface area contributed by atoms with Gasteiger partial charge in [-0.15, -0.1) is 0 Å². The maximum Gasteiger partial charge on any atom is 0.123 e. The Balaban J connectivity index is 3.11. The number of benzene rings is 1. The maximum absolute atomic E-state index is 12.8. The highest BCUT2D eigenvalue weighted by Gasteiger charge is 2.18. The lowest BCUT2D eigenvalue weighted by atomic mass is 9.82. The molecule has 15 heavy (non-hydrogen) atoms. The van der Waals surface area contributed by atoms with Gasteiger partial charge in [0.15, 0.2) is 0 Å². The van der Waals surface area contributed by atoms with E-state index in [1.54, 1.807) is 18.2 Å². The van der Waals surface area contributed by atoms with Crippen LogP contribution >= 0.6 is 0 Å². The Morgan fingerprint density at radius 2 is 1.80 bits per heavy atom. The van der Waals surface area contributed by atoms with E-state index in [-0.39, 0.29) is 17.8 Å². The van der Waals surface area contributed by atoms with Crippen molar-refractivity contribution in [3.63, 3.8) is 0 Å². The zero-order valence-corrected chi connectivity index (χ0v) is 9.42. The van der Waals surface area contributed by atoms with Gasteiger partial charge in [-0.25, -0.2) is 4.39 Å². The number of hydrogen-bond donors (Lipinski definition) is 1. The summed E-state index contributed by atoms with van der Waals surface area (Å²) in [4.78, 5) is 0. The van der Waals surface area contributed by atoms with Gasteiger partial charge in [0.2, 0.25) is 0 Å². The summed E-state index contributed by atoms with van der Waals surface area (Å²) in [5, 5.41) is 8.97. The Labute approximate surface area is 90.3 Å². The van der Waals surface area contributed by atoms with Gasteiger partial charge in [0.05, 0.1) is 6.61 Å². The van der Waals surface area contributed by atoms with Crippen LogP contribution in [-0.2, 0) is 0 Å². The molecule has 0 aliphatic carbocycles. The van der Waals surface area contributed by atoms with E-state index >= 15 is 0 Å². The van der Waals surface area contributed by atoms with Gasteiger partial charge in [0, 0.05) is 0 Å². The van der Waals surface area contributed by atoms with Crippen molar-refractivity contribution in [1.29, 1.82) is 0 Å². The van der Waals surface area contributed by atoms with E-state index in [2.05, 4.69) is 20.8 Å². The van der Waals surface area contributed by atoms with Crippen LogP contribution in [-0.4, -0.2) is 11.7 Å². The summed E-state index contributed by atoms with van der Waals surface area (Å²) < 4.78 is 12.8. The second-order valence-electron chi connectivity index (χ2n) is 4.56. The molecule has 0 unspecified atom stereocenters. The number of allylic oxidation sites excluding steroid dienone is 1. The molecule has 0 aromatic heterocycles. The van der Waals surface area contributed by atoms with Gasteiger partial charge < -0.3 is 5.11 Å². The van der Waals surface area contributed by atoms with E-state index in [4.69, 9.17) is 5.11 Å². The van der Waals surface area contributed by atoms with Gasteiger partial charge in [-0.1, -0.05) is 39.0 Å². The van der Waals surface area contributed by atoms with Crippen LogP contribution in [0.4, 0.5) is 4.39 Å². The molecule has 0 atom stereocenters. The second kappa shape index (κ2) is 4.58. The molecule has 0 spiro atoms. The van der Waals surface area contributed by atoms with Crippen LogP contribution in [0.1, 0.15) is 26.3 Å². The van der Waals surface area contributed by atoms with Crippen molar-refractivity contribution in [2.45, 2.75) is 20.8 Å². The molecule has 1 aromatic carbocycles. The van der Waals surface area contributed by atoms with E-state index in [1.807, 2.05) is 0 Å². The third-order valence-corrected chi connectivity index (χ3v) is 2.26. The molecule has 0 bridgehead atoms. The van der Waals surface area contributed by atoms with E-state index in [1.165, 1.54) is 12.1 Å². The second-order valence-corrected chi connectivity index (χ2v) is 4.56. The molecule has 0 heterocycles. The molecule has 2 heteroatoms. The van der Waals surface area contributed by atoms with Crippen molar-refractivity contribution in [3.05, 3.63) is 41.7 Å². The number of rotatable bonds is 2. The first-order chi connectivity index (χ1) is 6.95. The van der Waals surface area contributed by atoms with Crippen molar-refractivity contribution in [1.82, 2.24) is 0 Å². The van der Waals surface area contributed by atoms with Crippen molar-refractivity contribution >= 4 is 5.57 Å². The smallest absolute Gasteiger partial charge is 0.123 e. The van der Waals surface area contributed by atoms with Crippen molar-refractivity contribution in [3.8, 4) is 0 Å². The van der Waals surface area contributed by atoms with E-state index < -0.39 is 0 Å². The molecule has 0 amide bonds. The number of hydrogen-bond acceptors (Lipinski definition) is 1. The largest absolute Gasteiger partial charge is 0.392 e. The summed E-state index contributed by atoms with van der Waals surface area (Å²) in [6.45, 7) is 6.21. The fraction of sp³-hybridized carbons (Fsp3) is 0.385. The van der Waals surface area contributed by atoms with Gasteiger partial charge in [0.25, 0.3) is 0 Å². The normalized spacial score (nSPS) is 13.0. The minimum absolute atomic E-state index is 0.00395. The minimum Gasteiger partial charge on any atom is -0.392 e. The van der Waals surface area contributed by atoms with Gasteiger partial charge in [-0.2, -0.15) is 0 Å². The maximum atomic E-state index is 12.8. The average molecular weight is 208 g/mol. The minimum atomic E-state index is -0.240. The lowest BCUT2D eigenvalue weighted by molar-refractivity contribution is 0.341. The SMILES string of the molecule is CC(C)(C)/C(=C/CO)c1ccc(F)cc1. The molecular weight excluding hydrogens is 191 g/mol. The molecule has 0 aliphatic rings. The Morgan fingerprint density at radius 3 is 2.20 bits per heavy atom. The monoisotopic (exact) mass is 208 g/mol. The Morgan fingerprint density at radius 1 is 1.27 bits per heavy atom. The standard InChI is InChI=1S/C13H17FO/c1-13(2,3)12(8-9-15)10-4-6-11(14)7-5-10/h4-8,15H,9H2,1-3H3/b12-8+. The van der Waals surface area contributed by atoms with Crippen LogP contribution in [0, 0.1) is 11.2 Å². The summed E-state index contributed by atoms with van der Waals surface area (Å²) in [6, 6.07) is 6.35. The Hall–Kier alpha value is -1.15. The Kier molecular flexibility index (Phi) is 3.64. The predicted molar refractivity (Wildman–Crippen MR) is 60.9 cm³/mol. The van der Waals surface area contributed by atoms with Gasteiger partial charge >= 0.3 is 0 Å². The molecule has 1 rings (SSSR count). The van der Waals surface area contributed by atoms with Crippen LogP contribution in [0.5, 0.6) is 0 Å². The topological polar surface area (TPSA) is 20.2 Å². The van der Waals surface area contributed by atoms with Crippen molar-refractivity contribution in [2.24, 2.45) is 5.41 Å². The van der Waals surface area contributed by atoms with E-state index in [0.29, 0.717) is 0 Å². The first-order valence-corrected chi connectivity index (χ1v) is 5.02. The lowest BCUT2D eigenvalue weighted by Gasteiger charge is -2.23. The third-order valence-electron chi connectivity index (χ3n) is 2.26. The number of halogens is 1. The summed E-state index contributed by atoms with van der Waals surface area (Å²) in [5.74, 6) is -0.240. The average Bonchev–Trinajstić information content (AvgIpc) is 2.14. The number of aliphatic hydroxyl groups is 1. The van der Waals surface area contributed by atoms with E-state index in [0.717, 1.165) is 11.1 Å². The van der Waals surface area contributed by atoms with Crippen molar-refractivity contribution in [2.75, 3.05) is 6.61 Å². The highest BCUT2D eigenvalue weighted by molar-refractivity contribution is 5.69. The van der Waals surface area contributed by atoms with Crippen LogP contribution in [0.3, 0.4) is 0 Å². The van der Waals surface area contributed by atoms with Crippen LogP contribution in [0.25, 0.3) is 5.57 Å². The molecule has 1 aromatic rings. The summed E-state index contributed by atoms with van der Waals surface area (Å²) in [7, 11) is 0. The van der Waals surface area contributed by atoms with Gasteiger partial charge in [-0.3, -0.25) is 0 Å². The van der Waals surface area contributed by atoms with Crippen molar-refractivity contribution < 1.29 is 9.50 Å². The summed E-state index contributed by atoms with van der Waals surface area (Å²) in [6.07, 6.45) is 1.77. The zero-order valence-electron chi connectivity index (χ0n) is 9.42. The van der Waals surface area contributed by atoms with E-state index in [9.17, 15) is 4.39 Å². The molecule has 1 nitrogen and oxygen atoms in total. The zero-order chi connectivity index (χ0) is 11.5. The van der Waals surface area contributed by atoms with Crippen LogP contribution < -0.4 is 0 Å². The molecule has 0 radical (unpaired) electrons. The molecule has 0 fully saturated rings. The fourth-order valence-corrected chi connectivity index (χ4v) is 1.58. The molecular formula is C13H17FO. The third kappa shape index (κ3) is 3.17. The highest BCUT2D eigenvalue weighted by atomic mass is 19.1. The van der Waals surface area contributed by atoms with Gasteiger partial charge in [-0.05, 0) is 28.7 Å². The highest BCUT2D eigenvalue weighted by Crippen LogP contribution is 2.33. The summed E-state index contributed by atoms with van der Waals surface area (Å²) >= 11 is 0. The first-order valence-electron chi connectivity index (χ1n) is 5.02. The Bertz CT molecular complexity index is 344. The van der Waals surface area contributed by atoms with Crippen LogP contribution in [0.2, 0.25) is 0 Å². The number of aliphatic hydroxyl groups excluding tert-OH is 1. The first kappa shape index (κ1) is 11.9.